The summed E-state index contributed by atoms with van der Waals surface area (Å²) < 4.78 is 0. The van der Waals surface area contributed by atoms with E-state index in [0.717, 1.165) is 71.0 Å². The predicted molar refractivity (Wildman–Crippen MR) is 192 cm³/mol. The Balaban J connectivity index is 0.000000116. The molecule has 49 heavy (non-hydrogen) atoms. The standard InChI is InChI=1S/2C20H30N3.2ClH.Ti/c2*1-13-2-15-3-14(1)8-19(7-13,9-15)21-23-22-20-10-16-4-17(11-20)6-18(5-16)12-20;;;/h2*13-18H,1-12H2;2*1H;/q2*-1;;;+2/p-2. The van der Waals surface area contributed by atoms with E-state index in [1.54, 1.807) is 0 Å². The van der Waals surface area contributed by atoms with E-state index in [9.17, 15) is 0 Å². The van der Waals surface area contributed by atoms with Crippen LogP contribution in [0, 0.1) is 71.0 Å². The van der Waals surface area contributed by atoms with Crippen LogP contribution in [-0.2, 0) is 17.0 Å². The van der Waals surface area contributed by atoms with Gasteiger partial charge in [0.2, 0.25) is 0 Å². The Morgan fingerprint density at radius 2 is 0.531 bits per heavy atom. The van der Waals surface area contributed by atoms with Crippen molar-refractivity contribution in [3.63, 3.8) is 0 Å². The molecule has 0 saturated heterocycles. The Morgan fingerprint density at radius 3 is 0.735 bits per heavy atom. The van der Waals surface area contributed by atoms with E-state index in [2.05, 4.69) is 10.4 Å². The van der Waals surface area contributed by atoms with Crippen LogP contribution in [0.4, 0.5) is 0 Å². The molecule has 0 amide bonds. The van der Waals surface area contributed by atoms with Gasteiger partial charge in [0.1, 0.15) is 0 Å². The quantitative estimate of drug-likeness (QED) is 0.148. The van der Waals surface area contributed by atoms with Crippen LogP contribution in [-0.4, -0.2) is 22.2 Å². The summed E-state index contributed by atoms with van der Waals surface area (Å²) in [4.78, 5) is 0. The van der Waals surface area contributed by atoms with E-state index in [0.29, 0.717) is 0 Å². The first-order valence-corrected chi connectivity index (χ1v) is 25.3. The van der Waals surface area contributed by atoms with Crippen LogP contribution in [0.25, 0.3) is 10.9 Å². The van der Waals surface area contributed by atoms with Crippen LogP contribution < -0.4 is 0 Å². The molecule has 16 aliphatic carbocycles. The van der Waals surface area contributed by atoms with Gasteiger partial charge < -0.3 is 21.1 Å². The second-order valence-corrected chi connectivity index (χ2v) is 23.8. The van der Waals surface area contributed by atoms with Crippen molar-refractivity contribution in [1.82, 2.24) is 0 Å². The van der Waals surface area contributed by atoms with E-state index in [4.69, 9.17) is 39.7 Å². The van der Waals surface area contributed by atoms with Crippen LogP contribution >= 0.6 is 18.6 Å². The van der Waals surface area contributed by atoms with Crippen LogP contribution in [0.5, 0.6) is 0 Å². The number of halogens is 2. The van der Waals surface area contributed by atoms with E-state index >= 15 is 0 Å². The van der Waals surface area contributed by atoms with Crippen molar-refractivity contribution < 1.29 is 17.0 Å². The fourth-order valence-corrected chi connectivity index (χ4v) is 17.2. The van der Waals surface area contributed by atoms with Gasteiger partial charge in [-0.1, -0.05) is 0 Å². The Kier molecular flexibility index (Phi) is 8.83. The minimum absolute atomic E-state index is 0.209. The second-order valence-electron chi connectivity index (χ2n) is 21.2. The summed E-state index contributed by atoms with van der Waals surface area (Å²) in [6, 6.07) is 0. The molecule has 16 aliphatic rings. The first-order chi connectivity index (χ1) is 23.8. The molecule has 0 spiro atoms. The monoisotopic (exact) mass is 742 g/mol. The third-order valence-electron chi connectivity index (χ3n) is 17.1. The maximum atomic E-state index is 4.95. The van der Waals surface area contributed by atoms with Gasteiger partial charge in [-0.15, -0.1) is 0 Å². The summed E-state index contributed by atoms with van der Waals surface area (Å²) in [5.41, 5.74) is 10.7. The average molecular weight is 744 g/mol. The van der Waals surface area contributed by atoms with Crippen molar-refractivity contribution >= 4 is 18.6 Å². The molecule has 0 aromatic carbocycles. The molecule has 16 saturated carbocycles. The van der Waals surface area contributed by atoms with Crippen molar-refractivity contribution in [2.45, 2.75) is 176 Å². The molecule has 0 N–H and O–H groups in total. The van der Waals surface area contributed by atoms with Crippen LogP contribution in [0.15, 0.2) is 20.7 Å². The number of hydrogen-bond donors (Lipinski definition) is 0. The van der Waals surface area contributed by atoms with Gasteiger partial charge in [-0.25, -0.2) is 0 Å². The Bertz CT molecular complexity index is 1060. The summed E-state index contributed by atoms with van der Waals surface area (Å²) in [5.74, 6) is 11.5. The Morgan fingerprint density at radius 1 is 0.347 bits per heavy atom. The zero-order chi connectivity index (χ0) is 32.8. The maximum absolute atomic E-state index is 4.95. The van der Waals surface area contributed by atoms with Gasteiger partial charge in [0.05, 0.1) is 0 Å². The first kappa shape index (κ1) is 33.6. The molecule has 16 fully saturated rings. The number of hydrogen-bond acceptors (Lipinski definition) is 4. The molecule has 0 aromatic rings. The zero-order valence-electron chi connectivity index (χ0n) is 29.8. The molecule has 16 bridgehead atoms. The summed E-state index contributed by atoms with van der Waals surface area (Å²) in [7, 11) is 9.78. The molecule has 0 aromatic heterocycles. The Labute approximate surface area is 312 Å². The zero-order valence-corrected chi connectivity index (χ0v) is 32.9. The topological polar surface area (TPSA) is 77.6 Å². The summed E-state index contributed by atoms with van der Waals surface area (Å²) in [5, 5.41) is 19.1. The van der Waals surface area contributed by atoms with Gasteiger partial charge in [-0.2, -0.15) is 0 Å². The van der Waals surface area contributed by atoms with Crippen molar-refractivity contribution in [2.24, 2.45) is 91.7 Å². The van der Waals surface area contributed by atoms with E-state index in [1.807, 2.05) is 0 Å². The molecule has 6 nitrogen and oxygen atoms in total. The van der Waals surface area contributed by atoms with Gasteiger partial charge >= 0.3 is 35.6 Å². The third-order valence-corrected chi connectivity index (χ3v) is 17.1. The molecule has 0 radical (unpaired) electrons. The van der Waals surface area contributed by atoms with Gasteiger partial charge in [0, 0.05) is 0 Å². The van der Waals surface area contributed by atoms with Crippen molar-refractivity contribution in [2.75, 3.05) is 0 Å². The van der Waals surface area contributed by atoms with Gasteiger partial charge in [0.25, 0.3) is 0 Å². The fourth-order valence-electron chi connectivity index (χ4n) is 17.2. The van der Waals surface area contributed by atoms with Crippen molar-refractivity contribution in [3.05, 3.63) is 10.9 Å². The molecule has 16 rings (SSSR count). The van der Waals surface area contributed by atoms with Gasteiger partial charge in [0.15, 0.2) is 0 Å². The van der Waals surface area contributed by atoms with E-state index in [-0.39, 0.29) is 22.2 Å². The summed E-state index contributed by atoms with van der Waals surface area (Å²) in [6.45, 7) is 0. The average Bonchev–Trinajstić information content (AvgIpc) is 2.99. The predicted octanol–water partition coefficient (Wildman–Crippen LogP) is 12.7. The molecule has 9 heteroatoms. The van der Waals surface area contributed by atoms with Crippen LogP contribution in [0.2, 0.25) is 0 Å². The first-order valence-electron chi connectivity index (χ1n) is 21.0. The molecular formula is C40H60Cl2N6Ti-2. The normalized spacial score (nSPS) is 55.8. The van der Waals surface area contributed by atoms with Crippen molar-refractivity contribution in [3.8, 4) is 0 Å². The van der Waals surface area contributed by atoms with E-state index < -0.39 is 17.0 Å². The molecular weight excluding hydrogens is 683 g/mol. The molecule has 0 atom stereocenters. The number of nitrogens with zero attached hydrogens (tertiary/aromatic N) is 6. The SMILES string of the molecule is C1C2CC3CC1CC(N=N[N-]C14CC5CC(CC(C5)C1)C4)(C2)C3.C1C2CC3CC1CC(N=N[N-]C14CC5CC(CC(C5)C1)C4)(C2)C3.[Cl][Ti][Cl]. The van der Waals surface area contributed by atoms with Gasteiger partial charge in [-0.05, 0) is 247 Å². The number of rotatable bonds is 6. The van der Waals surface area contributed by atoms with Gasteiger partial charge in [-0.3, -0.25) is 10.4 Å². The minimum atomic E-state index is -0.556. The molecule has 0 aliphatic heterocycles. The van der Waals surface area contributed by atoms with E-state index in [1.165, 1.54) is 154 Å². The molecule has 270 valence electrons. The fraction of sp³-hybridized carbons (Fsp3) is 1.00. The Hall–Kier alpha value is 0.0943. The summed E-state index contributed by atoms with van der Waals surface area (Å²) in [6.07, 6.45) is 33.7. The molecule has 0 unspecified atom stereocenters. The second kappa shape index (κ2) is 12.9. The van der Waals surface area contributed by atoms with Crippen LogP contribution in [0.1, 0.15) is 154 Å². The summed E-state index contributed by atoms with van der Waals surface area (Å²) >= 11 is -0.556. The molecule has 0 heterocycles. The van der Waals surface area contributed by atoms with Crippen molar-refractivity contribution in [1.29, 1.82) is 0 Å². The van der Waals surface area contributed by atoms with Crippen LogP contribution in [0.3, 0.4) is 0 Å². The third kappa shape index (κ3) is 6.64.